The lowest BCUT2D eigenvalue weighted by atomic mass is 10.2. The second-order valence-corrected chi connectivity index (χ2v) is 5.97. The Morgan fingerprint density at radius 3 is 2.00 bits per heavy atom. The molecule has 6 nitrogen and oxygen atoms in total. The van der Waals surface area contributed by atoms with Gasteiger partial charge in [0.1, 0.15) is 12.3 Å². The van der Waals surface area contributed by atoms with Crippen LogP contribution in [0, 0.1) is 0 Å². The predicted molar refractivity (Wildman–Crippen MR) is 60.6 cm³/mol. The zero-order chi connectivity index (χ0) is 12.9. The average molecular weight is 253 g/mol. The molecule has 1 unspecified atom stereocenters. The molecule has 0 rings (SSSR count). The largest absolute Gasteiger partial charge is 0.480 e. The van der Waals surface area contributed by atoms with Crippen LogP contribution in [0.25, 0.3) is 0 Å². The molecule has 1 atom stereocenters. The SMILES string of the molecule is COP(=O)(CN(C(C)C)C(C)C(=O)O)OC. The summed E-state index contributed by atoms with van der Waals surface area (Å²) < 4.78 is 21.5. The molecule has 0 bridgehead atoms. The zero-order valence-electron chi connectivity index (χ0n) is 10.3. The van der Waals surface area contributed by atoms with Crippen molar-refractivity contribution in [2.24, 2.45) is 0 Å². The number of aliphatic carboxylic acids is 1. The number of nitrogens with zero attached hydrogens (tertiary/aromatic N) is 1. The molecule has 16 heavy (non-hydrogen) atoms. The van der Waals surface area contributed by atoms with E-state index in [4.69, 9.17) is 14.2 Å². The number of carboxylic acid groups (broad SMARTS) is 1. The topological polar surface area (TPSA) is 76.1 Å². The molecule has 96 valence electrons. The highest BCUT2D eigenvalue weighted by molar-refractivity contribution is 7.53. The highest BCUT2D eigenvalue weighted by Crippen LogP contribution is 2.47. The number of carbonyl (C=O) groups is 1. The monoisotopic (exact) mass is 253 g/mol. The second kappa shape index (κ2) is 6.35. The molecule has 0 aromatic heterocycles. The van der Waals surface area contributed by atoms with Crippen molar-refractivity contribution in [2.75, 3.05) is 20.5 Å². The Bertz CT molecular complexity index is 273. The number of carboxylic acids is 1. The van der Waals surface area contributed by atoms with E-state index >= 15 is 0 Å². The van der Waals surface area contributed by atoms with Crippen molar-refractivity contribution in [1.29, 1.82) is 0 Å². The lowest BCUT2D eigenvalue weighted by Gasteiger charge is -2.31. The van der Waals surface area contributed by atoms with Crippen LogP contribution in [0.15, 0.2) is 0 Å². The predicted octanol–water partition coefficient (Wildman–Crippen LogP) is 1.61. The molecule has 7 heteroatoms. The maximum atomic E-state index is 11.9. The van der Waals surface area contributed by atoms with Crippen LogP contribution in [-0.2, 0) is 18.4 Å². The summed E-state index contributed by atoms with van der Waals surface area (Å²) in [5.74, 6) is -0.965. The first-order valence-corrected chi connectivity index (χ1v) is 6.69. The minimum Gasteiger partial charge on any atom is -0.480 e. The molecule has 0 fully saturated rings. The van der Waals surface area contributed by atoms with Crippen LogP contribution in [0.1, 0.15) is 20.8 Å². The summed E-state index contributed by atoms with van der Waals surface area (Å²) in [4.78, 5) is 12.5. The molecule has 0 amide bonds. The Morgan fingerprint density at radius 1 is 1.31 bits per heavy atom. The minimum atomic E-state index is -3.22. The van der Waals surface area contributed by atoms with E-state index in [2.05, 4.69) is 0 Å². The Balaban J connectivity index is 4.82. The summed E-state index contributed by atoms with van der Waals surface area (Å²) in [5.41, 5.74) is 0. The molecule has 0 aliphatic carbocycles. The van der Waals surface area contributed by atoms with Crippen LogP contribution in [-0.4, -0.2) is 48.6 Å². The first kappa shape index (κ1) is 15.6. The van der Waals surface area contributed by atoms with Gasteiger partial charge in [0.25, 0.3) is 0 Å². The van der Waals surface area contributed by atoms with Crippen molar-refractivity contribution in [3.63, 3.8) is 0 Å². The van der Waals surface area contributed by atoms with E-state index in [1.165, 1.54) is 21.1 Å². The van der Waals surface area contributed by atoms with Crippen LogP contribution in [0.3, 0.4) is 0 Å². The van der Waals surface area contributed by atoms with E-state index in [1.807, 2.05) is 13.8 Å². The van der Waals surface area contributed by atoms with Gasteiger partial charge in [-0.3, -0.25) is 14.3 Å². The van der Waals surface area contributed by atoms with Crippen LogP contribution in [0.4, 0.5) is 0 Å². The van der Waals surface area contributed by atoms with Crippen LogP contribution < -0.4 is 0 Å². The van der Waals surface area contributed by atoms with Crippen molar-refractivity contribution in [1.82, 2.24) is 4.90 Å². The molecule has 0 spiro atoms. The normalized spacial score (nSPS) is 14.4. The zero-order valence-corrected chi connectivity index (χ0v) is 11.2. The number of hydrogen-bond donors (Lipinski definition) is 1. The molecule has 0 aromatic carbocycles. The van der Waals surface area contributed by atoms with Gasteiger partial charge in [0.15, 0.2) is 0 Å². The molecular formula is C9H20NO5P. The van der Waals surface area contributed by atoms with Crippen LogP contribution in [0.2, 0.25) is 0 Å². The van der Waals surface area contributed by atoms with Crippen molar-refractivity contribution in [3.8, 4) is 0 Å². The van der Waals surface area contributed by atoms with Crippen molar-refractivity contribution >= 4 is 13.6 Å². The highest BCUT2D eigenvalue weighted by atomic mass is 31.2. The lowest BCUT2D eigenvalue weighted by molar-refractivity contribution is -0.143. The quantitative estimate of drug-likeness (QED) is 0.695. The molecular weight excluding hydrogens is 233 g/mol. The van der Waals surface area contributed by atoms with E-state index in [9.17, 15) is 9.36 Å². The maximum Gasteiger partial charge on any atom is 0.344 e. The Labute approximate surface area is 96.1 Å². The molecule has 0 radical (unpaired) electrons. The Morgan fingerprint density at radius 2 is 1.75 bits per heavy atom. The van der Waals surface area contributed by atoms with Gasteiger partial charge in [-0.15, -0.1) is 0 Å². The third-order valence-corrected chi connectivity index (χ3v) is 4.20. The fourth-order valence-corrected chi connectivity index (χ4v) is 2.62. The van der Waals surface area contributed by atoms with Gasteiger partial charge in [-0.25, -0.2) is 0 Å². The molecule has 1 N–H and O–H groups in total. The van der Waals surface area contributed by atoms with Gasteiger partial charge in [-0.2, -0.15) is 0 Å². The van der Waals surface area contributed by atoms with E-state index in [1.54, 1.807) is 4.90 Å². The molecule has 0 heterocycles. The number of hydrogen-bond acceptors (Lipinski definition) is 5. The molecule has 0 aliphatic heterocycles. The molecule has 0 aliphatic rings. The first-order chi connectivity index (χ1) is 7.27. The first-order valence-electron chi connectivity index (χ1n) is 4.96. The summed E-state index contributed by atoms with van der Waals surface area (Å²) in [6, 6.07) is -0.802. The second-order valence-electron chi connectivity index (χ2n) is 3.74. The average Bonchev–Trinajstić information content (AvgIpc) is 2.24. The van der Waals surface area contributed by atoms with Gasteiger partial charge >= 0.3 is 13.6 Å². The van der Waals surface area contributed by atoms with Gasteiger partial charge in [-0.1, -0.05) is 0 Å². The van der Waals surface area contributed by atoms with Gasteiger partial charge in [0.2, 0.25) is 0 Å². The van der Waals surface area contributed by atoms with Crippen molar-refractivity contribution < 1.29 is 23.5 Å². The van der Waals surface area contributed by atoms with Crippen LogP contribution >= 0.6 is 7.60 Å². The standard InChI is InChI=1S/C9H20NO5P/c1-7(2)10(8(3)9(11)12)6-16(13,14-4)15-5/h7-8H,6H2,1-5H3,(H,11,12). The number of rotatable bonds is 7. The smallest absolute Gasteiger partial charge is 0.344 e. The van der Waals surface area contributed by atoms with Gasteiger partial charge in [-0.05, 0) is 20.8 Å². The summed E-state index contributed by atoms with van der Waals surface area (Å²) in [7, 11) is -0.650. The van der Waals surface area contributed by atoms with Crippen molar-refractivity contribution in [3.05, 3.63) is 0 Å². The third kappa shape index (κ3) is 4.22. The highest BCUT2D eigenvalue weighted by Gasteiger charge is 2.32. The van der Waals surface area contributed by atoms with Gasteiger partial charge in [0, 0.05) is 20.3 Å². The fraction of sp³-hybridized carbons (Fsp3) is 0.889. The summed E-state index contributed by atoms with van der Waals surface area (Å²) in [6.07, 6.45) is -0.0366. The van der Waals surface area contributed by atoms with Gasteiger partial charge < -0.3 is 14.2 Å². The van der Waals surface area contributed by atoms with Crippen molar-refractivity contribution in [2.45, 2.75) is 32.9 Å². The van der Waals surface area contributed by atoms with Gasteiger partial charge in [0.05, 0.1) is 0 Å². The summed E-state index contributed by atoms with van der Waals surface area (Å²) >= 11 is 0. The molecule has 0 aromatic rings. The Kier molecular flexibility index (Phi) is 6.18. The van der Waals surface area contributed by atoms with E-state index < -0.39 is 19.6 Å². The third-order valence-electron chi connectivity index (χ3n) is 2.41. The summed E-state index contributed by atoms with van der Waals surface area (Å²) in [6.45, 7) is 5.20. The van der Waals surface area contributed by atoms with E-state index in [-0.39, 0.29) is 12.3 Å². The molecule has 0 saturated carbocycles. The van der Waals surface area contributed by atoms with Crippen LogP contribution in [0.5, 0.6) is 0 Å². The molecule has 0 saturated heterocycles. The fourth-order valence-electron chi connectivity index (χ4n) is 1.26. The maximum absolute atomic E-state index is 11.9. The Hall–Kier alpha value is -0.420. The van der Waals surface area contributed by atoms with E-state index in [0.29, 0.717) is 0 Å². The van der Waals surface area contributed by atoms with E-state index in [0.717, 1.165) is 0 Å². The summed E-state index contributed by atoms with van der Waals surface area (Å²) in [5, 5.41) is 8.93. The lowest BCUT2D eigenvalue weighted by Crippen LogP contribution is -2.44. The minimum absolute atomic E-state index is 0.0366.